The van der Waals surface area contributed by atoms with E-state index in [-0.39, 0.29) is 24.0 Å². The fourth-order valence-electron chi connectivity index (χ4n) is 2.49. The molecule has 0 saturated heterocycles. The summed E-state index contributed by atoms with van der Waals surface area (Å²) in [4.78, 5) is 32.2. The maximum Gasteiger partial charge on any atom is 0.338 e. The summed E-state index contributed by atoms with van der Waals surface area (Å²) in [7, 11) is 0. The van der Waals surface area contributed by atoms with Crippen LogP contribution in [0, 0.1) is 5.82 Å². The van der Waals surface area contributed by atoms with E-state index in [1.807, 2.05) is 0 Å². The standard InChI is InChI=1S/C21H19FN4O3/c1-2-29-20(28)14-7-9-16(10-8-14)25-21-23-12-11-18(26-21)19(27)24-13-15-5-3-4-6-17(15)22/h3-12H,2,13H2,1H3,(H,24,27)(H,23,25,26). The lowest BCUT2D eigenvalue weighted by atomic mass is 10.2. The van der Waals surface area contributed by atoms with E-state index in [4.69, 9.17) is 4.74 Å². The van der Waals surface area contributed by atoms with Crippen LogP contribution in [0.2, 0.25) is 0 Å². The molecular weight excluding hydrogens is 375 g/mol. The zero-order valence-corrected chi connectivity index (χ0v) is 15.7. The summed E-state index contributed by atoms with van der Waals surface area (Å²) in [6.07, 6.45) is 1.44. The first-order valence-electron chi connectivity index (χ1n) is 8.95. The summed E-state index contributed by atoms with van der Waals surface area (Å²) >= 11 is 0. The maximum atomic E-state index is 13.7. The molecule has 0 saturated carbocycles. The van der Waals surface area contributed by atoms with E-state index in [0.29, 0.717) is 23.4 Å². The van der Waals surface area contributed by atoms with Crippen molar-refractivity contribution in [2.45, 2.75) is 13.5 Å². The Morgan fingerprint density at radius 1 is 1.07 bits per heavy atom. The second-order valence-corrected chi connectivity index (χ2v) is 5.96. The molecule has 1 heterocycles. The zero-order valence-electron chi connectivity index (χ0n) is 15.7. The molecule has 0 bridgehead atoms. The van der Waals surface area contributed by atoms with Gasteiger partial charge in [-0.1, -0.05) is 18.2 Å². The summed E-state index contributed by atoms with van der Waals surface area (Å²) in [5, 5.41) is 5.60. The Bertz CT molecular complexity index is 1010. The average molecular weight is 394 g/mol. The van der Waals surface area contributed by atoms with E-state index in [1.54, 1.807) is 49.4 Å². The molecule has 148 valence electrons. The second-order valence-electron chi connectivity index (χ2n) is 5.96. The number of hydrogen-bond donors (Lipinski definition) is 2. The first kappa shape index (κ1) is 19.9. The number of carbonyl (C=O) groups is 2. The minimum Gasteiger partial charge on any atom is -0.462 e. The van der Waals surface area contributed by atoms with Gasteiger partial charge in [-0.3, -0.25) is 4.79 Å². The van der Waals surface area contributed by atoms with Gasteiger partial charge in [-0.05, 0) is 43.3 Å². The molecule has 8 heteroatoms. The van der Waals surface area contributed by atoms with Gasteiger partial charge in [0.1, 0.15) is 11.5 Å². The molecule has 0 aliphatic carbocycles. The Balaban J connectivity index is 1.64. The van der Waals surface area contributed by atoms with Crippen molar-refractivity contribution in [2.75, 3.05) is 11.9 Å². The van der Waals surface area contributed by atoms with Crippen LogP contribution < -0.4 is 10.6 Å². The highest BCUT2D eigenvalue weighted by Crippen LogP contribution is 2.15. The van der Waals surface area contributed by atoms with Crippen molar-refractivity contribution in [1.29, 1.82) is 0 Å². The van der Waals surface area contributed by atoms with Crippen LogP contribution in [0.5, 0.6) is 0 Å². The Kier molecular flexibility index (Phi) is 6.47. The molecule has 0 fully saturated rings. The quantitative estimate of drug-likeness (QED) is 0.596. The number of nitrogens with one attached hydrogen (secondary N) is 2. The van der Waals surface area contributed by atoms with Crippen LogP contribution in [0.1, 0.15) is 33.3 Å². The van der Waals surface area contributed by atoms with Gasteiger partial charge in [0.2, 0.25) is 5.95 Å². The van der Waals surface area contributed by atoms with Crippen LogP contribution in [-0.2, 0) is 11.3 Å². The Hall–Kier alpha value is -3.81. The maximum absolute atomic E-state index is 13.7. The van der Waals surface area contributed by atoms with Crippen LogP contribution in [-0.4, -0.2) is 28.5 Å². The molecule has 3 rings (SSSR count). The number of ether oxygens (including phenoxy) is 1. The Morgan fingerprint density at radius 3 is 2.55 bits per heavy atom. The third kappa shape index (κ3) is 5.35. The zero-order chi connectivity index (χ0) is 20.6. The van der Waals surface area contributed by atoms with Crippen LogP contribution in [0.15, 0.2) is 60.8 Å². The van der Waals surface area contributed by atoms with Crippen LogP contribution >= 0.6 is 0 Å². The average Bonchev–Trinajstić information content (AvgIpc) is 2.74. The molecule has 7 nitrogen and oxygen atoms in total. The highest BCUT2D eigenvalue weighted by molar-refractivity contribution is 5.92. The molecule has 0 aliphatic rings. The van der Waals surface area contributed by atoms with Crippen molar-refractivity contribution in [3.63, 3.8) is 0 Å². The number of anilines is 2. The summed E-state index contributed by atoms with van der Waals surface area (Å²) in [5.74, 6) is -1.02. The van der Waals surface area contributed by atoms with Crippen molar-refractivity contribution in [3.8, 4) is 0 Å². The van der Waals surface area contributed by atoms with Crippen molar-refractivity contribution >= 4 is 23.5 Å². The smallest absolute Gasteiger partial charge is 0.338 e. The lowest BCUT2D eigenvalue weighted by Crippen LogP contribution is -2.24. The molecule has 0 radical (unpaired) electrons. The van der Waals surface area contributed by atoms with Gasteiger partial charge in [0.25, 0.3) is 5.91 Å². The second kappa shape index (κ2) is 9.41. The van der Waals surface area contributed by atoms with E-state index in [9.17, 15) is 14.0 Å². The lowest BCUT2D eigenvalue weighted by molar-refractivity contribution is 0.0526. The molecule has 1 amide bonds. The molecule has 2 N–H and O–H groups in total. The number of rotatable bonds is 7. The monoisotopic (exact) mass is 394 g/mol. The number of aromatic nitrogens is 2. The van der Waals surface area contributed by atoms with Crippen molar-refractivity contribution < 1.29 is 18.7 Å². The third-order valence-electron chi connectivity index (χ3n) is 3.94. The third-order valence-corrected chi connectivity index (χ3v) is 3.94. The minimum absolute atomic E-state index is 0.0492. The van der Waals surface area contributed by atoms with E-state index in [0.717, 1.165) is 0 Å². The first-order chi connectivity index (χ1) is 14.1. The molecular formula is C21H19FN4O3. The van der Waals surface area contributed by atoms with Crippen LogP contribution in [0.4, 0.5) is 16.0 Å². The Morgan fingerprint density at radius 2 is 1.83 bits per heavy atom. The number of hydrogen-bond acceptors (Lipinski definition) is 6. The molecule has 29 heavy (non-hydrogen) atoms. The molecule has 2 aromatic carbocycles. The van der Waals surface area contributed by atoms with Gasteiger partial charge in [0, 0.05) is 24.0 Å². The molecule has 0 atom stereocenters. The van der Waals surface area contributed by atoms with E-state index in [2.05, 4.69) is 20.6 Å². The predicted molar refractivity (Wildman–Crippen MR) is 105 cm³/mol. The fourth-order valence-corrected chi connectivity index (χ4v) is 2.49. The molecule has 0 spiro atoms. The van der Waals surface area contributed by atoms with Crippen molar-refractivity contribution in [3.05, 3.63) is 83.4 Å². The van der Waals surface area contributed by atoms with Gasteiger partial charge in [0.05, 0.1) is 12.2 Å². The molecule has 0 aliphatic heterocycles. The summed E-state index contributed by atoms with van der Waals surface area (Å²) in [5.41, 5.74) is 1.60. The van der Waals surface area contributed by atoms with Gasteiger partial charge in [0.15, 0.2) is 0 Å². The molecule has 0 unspecified atom stereocenters. The van der Waals surface area contributed by atoms with Gasteiger partial charge in [-0.25, -0.2) is 19.2 Å². The van der Waals surface area contributed by atoms with Crippen molar-refractivity contribution in [2.24, 2.45) is 0 Å². The largest absolute Gasteiger partial charge is 0.462 e. The summed E-state index contributed by atoms with van der Waals surface area (Å²) in [6.45, 7) is 2.09. The SMILES string of the molecule is CCOC(=O)c1ccc(Nc2nccc(C(=O)NCc3ccccc3F)n2)cc1. The van der Waals surface area contributed by atoms with Crippen LogP contribution in [0.3, 0.4) is 0 Å². The number of halogens is 1. The molecule has 3 aromatic rings. The number of esters is 1. The van der Waals surface area contributed by atoms with E-state index in [1.165, 1.54) is 18.3 Å². The minimum atomic E-state index is -0.448. The lowest BCUT2D eigenvalue weighted by Gasteiger charge is -2.08. The Labute approximate surface area is 167 Å². The van der Waals surface area contributed by atoms with E-state index >= 15 is 0 Å². The number of carbonyl (C=O) groups excluding carboxylic acids is 2. The van der Waals surface area contributed by atoms with Gasteiger partial charge in [-0.15, -0.1) is 0 Å². The number of amides is 1. The van der Waals surface area contributed by atoms with E-state index < -0.39 is 11.9 Å². The predicted octanol–water partition coefficient (Wildman–Crippen LogP) is 3.47. The van der Waals surface area contributed by atoms with Gasteiger partial charge < -0.3 is 15.4 Å². The number of nitrogens with zero attached hydrogens (tertiary/aromatic N) is 2. The fraction of sp³-hybridized carbons (Fsp3) is 0.143. The number of benzene rings is 2. The topological polar surface area (TPSA) is 93.2 Å². The first-order valence-corrected chi connectivity index (χ1v) is 8.95. The van der Waals surface area contributed by atoms with Gasteiger partial charge >= 0.3 is 5.97 Å². The summed E-state index contributed by atoms with van der Waals surface area (Å²) < 4.78 is 18.6. The molecule has 1 aromatic heterocycles. The van der Waals surface area contributed by atoms with Crippen molar-refractivity contribution in [1.82, 2.24) is 15.3 Å². The van der Waals surface area contributed by atoms with Gasteiger partial charge in [-0.2, -0.15) is 0 Å². The van der Waals surface area contributed by atoms with Crippen LogP contribution in [0.25, 0.3) is 0 Å². The highest BCUT2D eigenvalue weighted by Gasteiger charge is 2.11. The highest BCUT2D eigenvalue weighted by atomic mass is 19.1. The normalized spacial score (nSPS) is 10.3. The summed E-state index contributed by atoms with van der Waals surface area (Å²) in [6, 6.07) is 14.3.